The second-order valence-electron chi connectivity index (χ2n) is 2.82. The molecule has 0 saturated heterocycles. The minimum atomic E-state index is 0.387. The van der Waals surface area contributed by atoms with Crippen LogP contribution in [0.1, 0.15) is 0 Å². The van der Waals surface area contributed by atoms with E-state index in [1.54, 1.807) is 30.5 Å². The third-order valence-corrected chi connectivity index (χ3v) is 1.73. The summed E-state index contributed by atoms with van der Waals surface area (Å²) in [6.45, 7) is 0. The van der Waals surface area contributed by atoms with Crippen LogP contribution in [0.25, 0.3) is 11.4 Å². The van der Waals surface area contributed by atoms with Crippen LogP contribution in [0.4, 0.5) is 11.5 Å². The monoisotopic (exact) mass is 187 g/mol. The Morgan fingerprint density at radius 3 is 2.43 bits per heavy atom. The van der Waals surface area contributed by atoms with Crippen LogP contribution in [0.5, 0.6) is 0 Å². The van der Waals surface area contributed by atoms with Gasteiger partial charge in [-0.25, -0.2) is 0 Å². The number of hydrogen-bond donors (Lipinski definition) is 2. The molecule has 2 aromatic heterocycles. The standard InChI is InChI=1S/C9H9N5/c10-6-3-4-12-8(5-6)7-1-2-9(11)14-13-7/h1-5H,(H2,10,12)(H2,11,14). The Morgan fingerprint density at radius 1 is 0.929 bits per heavy atom. The molecule has 5 nitrogen and oxygen atoms in total. The fourth-order valence-corrected chi connectivity index (χ4v) is 1.07. The first kappa shape index (κ1) is 8.43. The molecule has 2 heterocycles. The molecule has 2 aromatic rings. The minimum Gasteiger partial charge on any atom is -0.399 e. The van der Waals surface area contributed by atoms with Crippen molar-refractivity contribution in [1.29, 1.82) is 0 Å². The predicted molar refractivity (Wildman–Crippen MR) is 54.1 cm³/mol. The molecular formula is C9H9N5. The van der Waals surface area contributed by atoms with Crippen LogP contribution in [0, 0.1) is 0 Å². The second-order valence-corrected chi connectivity index (χ2v) is 2.82. The lowest BCUT2D eigenvalue weighted by Crippen LogP contribution is -1.95. The Kier molecular flexibility index (Phi) is 1.98. The Morgan fingerprint density at radius 2 is 1.79 bits per heavy atom. The number of nitrogen functional groups attached to an aromatic ring is 2. The van der Waals surface area contributed by atoms with Gasteiger partial charge in [0.1, 0.15) is 11.5 Å². The van der Waals surface area contributed by atoms with Crippen LogP contribution in [-0.4, -0.2) is 15.2 Å². The van der Waals surface area contributed by atoms with Gasteiger partial charge in [-0.15, -0.1) is 10.2 Å². The number of hydrogen-bond acceptors (Lipinski definition) is 5. The molecule has 0 saturated carbocycles. The highest BCUT2D eigenvalue weighted by Gasteiger charge is 2.01. The van der Waals surface area contributed by atoms with Crippen LogP contribution >= 0.6 is 0 Å². The van der Waals surface area contributed by atoms with Crippen LogP contribution in [0.15, 0.2) is 30.5 Å². The van der Waals surface area contributed by atoms with E-state index in [9.17, 15) is 0 Å². The highest BCUT2D eigenvalue weighted by Crippen LogP contribution is 2.15. The topological polar surface area (TPSA) is 90.7 Å². The Bertz CT molecular complexity index is 437. The number of pyridine rings is 1. The van der Waals surface area contributed by atoms with Gasteiger partial charge in [0, 0.05) is 11.9 Å². The van der Waals surface area contributed by atoms with Gasteiger partial charge in [-0.05, 0) is 24.3 Å². The fourth-order valence-electron chi connectivity index (χ4n) is 1.07. The lowest BCUT2D eigenvalue weighted by Gasteiger charge is -1.99. The predicted octanol–water partition coefficient (Wildman–Crippen LogP) is 0.703. The second kappa shape index (κ2) is 3.29. The summed E-state index contributed by atoms with van der Waals surface area (Å²) in [5.74, 6) is 0.387. The molecule has 2 rings (SSSR count). The van der Waals surface area contributed by atoms with E-state index >= 15 is 0 Å². The van der Waals surface area contributed by atoms with Gasteiger partial charge in [0.2, 0.25) is 0 Å². The number of aromatic nitrogens is 3. The van der Waals surface area contributed by atoms with Crippen molar-refractivity contribution in [3.8, 4) is 11.4 Å². The molecule has 0 unspecified atom stereocenters. The summed E-state index contributed by atoms with van der Waals surface area (Å²) in [6, 6.07) is 6.88. The lowest BCUT2D eigenvalue weighted by atomic mass is 10.2. The van der Waals surface area contributed by atoms with E-state index in [1.807, 2.05) is 0 Å². The average molecular weight is 187 g/mol. The quantitative estimate of drug-likeness (QED) is 0.685. The average Bonchev–Trinajstić information content (AvgIpc) is 2.19. The van der Waals surface area contributed by atoms with Gasteiger partial charge in [0.15, 0.2) is 0 Å². The largest absolute Gasteiger partial charge is 0.399 e. The van der Waals surface area contributed by atoms with E-state index in [0.717, 1.165) is 0 Å². The van der Waals surface area contributed by atoms with Crippen molar-refractivity contribution in [2.75, 3.05) is 11.5 Å². The maximum Gasteiger partial charge on any atom is 0.146 e. The molecular weight excluding hydrogens is 178 g/mol. The molecule has 0 radical (unpaired) electrons. The minimum absolute atomic E-state index is 0.387. The van der Waals surface area contributed by atoms with Gasteiger partial charge in [0.05, 0.1) is 5.69 Å². The van der Waals surface area contributed by atoms with Crippen LogP contribution in [0.2, 0.25) is 0 Å². The molecule has 0 bridgehead atoms. The molecule has 0 fully saturated rings. The fraction of sp³-hybridized carbons (Fsp3) is 0. The summed E-state index contributed by atoms with van der Waals surface area (Å²) in [5.41, 5.74) is 13.0. The van der Waals surface area contributed by atoms with Gasteiger partial charge in [-0.3, -0.25) is 4.98 Å². The van der Waals surface area contributed by atoms with E-state index in [1.165, 1.54) is 0 Å². The molecule has 5 heteroatoms. The normalized spacial score (nSPS) is 10.0. The lowest BCUT2D eigenvalue weighted by molar-refractivity contribution is 1.04. The van der Waals surface area contributed by atoms with Crippen molar-refractivity contribution < 1.29 is 0 Å². The highest BCUT2D eigenvalue weighted by atomic mass is 15.1. The molecule has 4 N–H and O–H groups in total. The summed E-state index contributed by atoms with van der Waals surface area (Å²) >= 11 is 0. The maximum absolute atomic E-state index is 5.61. The molecule has 0 spiro atoms. The number of nitrogens with zero attached hydrogens (tertiary/aromatic N) is 3. The zero-order chi connectivity index (χ0) is 9.97. The van der Waals surface area contributed by atoms with Gasteiger partial charge in [-0.1, -0.05) is 0 Å². The zero-order valence-electron chi connectivity index (χ0n) is 7.38. The van der Waals surface area contributed by atoms with Gasteiger partial charge in [0.25, 0.3) is 0 Å². The Balaban J connectivity index is 2.44. The molecule has 0 atom stereocenters. The van der Waals surface area contributed by atoms with E-state index < -0.39 is 0 Å². The molecule has 0 aliphatic carbocycles. The SMILES string of the molecule is Nc1ccnc(-c2ccc(N)nn2)c1. The van der Waals surface area contributed by atoms with Crippen LogP contribution in [0.3, 0.4) is 0 Å². The molecule has 0 aliphatic rings. The van der Waals surface area contributed by atoms with Crippen molar-refractivity contribution in [3.05, 3.63) is 30.5 Å². The summed E-state index contributed by atoms with van der Waals surface area (Å²) in [5, 5.41) is 7.63. The summed E-state index contributed by atoms with van der Waals surface area (Å²) < 4.78 is 0. The van der Waals surface area contributed by atoms with Crippen molar-refractivity contribution >= 4 is 11.5 Å². The maximum atomic E-state index is 5.61. The molecule has 70 valence electrons. The Hall–Kier alpha value is -2.17. The van der Waals surface area contributed by atoms with Gasteiger partial charge < -0.3 is 11.5 Å². The highest BCUT2D eigenvalue weighted by molar-refractivity contribution is 5.59. The molecule has 14 heavy (non-hydrogen) atoms. The van der Waals surface area contributed by atoms with Crippen molar-refractivity contribution in [2.24, 2.45) is 0 Å². The smallest absolute Gasteiger partial charge is 0.146 e. The first-order valence-electron chi connectivity index (χ1n) is 4.07. The van der Waals surface area contributed by atoms with Gasteiger partial charge in [-0.2, -0.15) is 0 Å². The molecule has 0 aromatic carbocycles. The number of anilines is 2. The van der Waals surface area contributed by atoms with Crippen molar-refractivity contribution in [2.45, 2.75) is 0 Å². The van der Waals surface area contributed by atoms with E-state index in [4.69, 9.17) is 11.5 Å². The first-order chi connectivity index (χ1) is 6.75. The summed E-state index contributed by atoms with van der Waals surface area (Å²) in [6.07, 6.45) is 1.63. The van der Waals surface area contributed by atoms with Gasteiger partial charge >= 0.3 is 0 Å². The molecule has 0 aliphatic heterocycles. The Labute approximate surface area is 80.8 Å². The number of rotatable bonds is 1. The van der Waals surface area contributed by atoms with Crippen molar-refractivity contribution in [3.63, 3.8) is 0 Å². The van der Waals surface area contributed by atoms with Crippen molar-refractivity contribution in [1.82, 2.24) is 15.2 Å². The summed E-state index contributed by atoms with van der Waals surface area (Å²) in [7, 11) is 0. The zero-order valence-corrected chi connectivity index (χ0v) is 7.38. The molecule has 0 amide bonds. The van der Waals surface area contributed by atoms with E-state index in [-0.39, 0.29) is 0 Å². The number of nitrogens with two attached hydrogens (primary N) is 2. The third kappa shape index (κ3) is 1.61. The third-order valence-electron chi connectivity index (χ3n) is 1.73. The van der Waals surface area contributed by atoms with Crippen LogP contribution < -0.4 is 11.5 Å². The van der Waals surface area contributed by atoms with Crippen LogP contribution in [-0.2, 0) is 0 Å². The van der Waals surface area contributed by atoms with E-state index in [2.05, 4.69) is 15.2 Å². The van der Waals surface area contributed by atoms with E-state index in [0.29, 0.717) is 22.9 Å². The first-order valence-corrected chi connectivity index (χ1v) is 4.07. The summed E-state index contributed by atoms with van der Waals surface area (Å²) in [4.78, 5) is 4.12.